The summed E-state index contributed by atoms with van der Waals surface area (Å²) in [5.74, 6) is -0.697. The molecule has 0 radical (unpaired) electrons. The predicted molar refractivity (Wildman–Crippen MR) is 108 cm³/mol. The van der Waals surface area contributed by atoms with E-state index in [2.05, 4.69) is 33.1 Å². The fourth-order valence-corrected chi connectivity index (χ4v) is 4.60. The summed E-state index contributed by atoms with van der Waals surface area (Å²) in [6, 6.07) is 8.27. The number of carbonyl (C=O) groups excluding carboxylic acids is 1. The lowest BCUT2D eigenvalue weighted by Crippen LogP contribution is -2.36. The second-order valence-electron chi connectivity index (χ2n) is 7.13. The zero-order valence-electron chi connectivity index (χ0n) is 15.6. The number of nitrogens with zero attached hydrogens (tertiary/aromatic N) is 3. The summed E-state index contributed by atoms with van der Waals surface area (Å²) in [6.07, 6.45) is 4.35. The highest BCUT2D eigenvalue weighted by Gasteiger charge is 2.27. The third-order valence-electron chi connectivity index (χ3n) is 5.29. The average Bonchev–Trinajstić information content (AvgIpc) is 3.32. The molecule has 1 amide bonds. The molecule has 6 nitrogen and oxygen atoms in total. The van der Waals surface area contributed by atoms with Crippen molar-refractivity contribution in [2.75, 3.05) is 6.54 Å². The van der Waals surface area contributed by atoms with E-state index in [0.29, 0.717) is 32.4 Å². The third kappa shape index (κ3) is 3.80. The number of carboxylic acids is 1. The van der Waals surface area contributed by atoms with Crippen LogP contribution in [0.3, 0.4) is 0 Å². The highest BCUT2D eigenvalue weighted by atomic mass is 32.1. The summed E-state index contributed by atoms with van der Waals surface area (Å²) in [5, 5.41) is 12.0. The average molecular weight is 398 g/mol. The van der Waals surface area contributed by atoms with Crippen molar-refractivity contribution in [3.63, 3.8) is 0 Å². The van der Waals surface area contributed by atoms with Crippen molar-refractivity contribution in [3.05, 3.63) is 52.0 Å². The van der Waals surface area contributed by atoms with Crippen LogP contribution in [0.25, 0.3) is 11.0 Å². The van der Waals surface area contributed by atoms with Crippen LogP contribution < -0.4 is 0 Å². The van der Waals surface area contributed by atoms with E-state index in [9.17, 15) is 9.59 Å². The maximum absolute atomic E-state index is 12.7. The largest absolute Gasteiger partial charge is 0.481 e. The quantitative estimate of drug-likeness (QED) is 0.617. The monoisotopic (exact) mass is 397 g/mol. The molecule has 4 heterocycles. The van der Waals surface area contributed by atoms with E-state index in [1.54, 1.807) is 11.3 Å². The molecule has 0 aromatic carbocycles. The number of fused-ring (bicyclic) bond motifs is 3. The van der Waals surface area contributed by atoms with Crippen LogP contribution >= 0.6 is 11.3 Å². The summed E-state index contributed by atoms with van der Waals surface area (Å²) < 4.78 is 2.25. The van der Waals surface area contributed by atoms with Gasteiger partial charge in [-0.1, -0.05) is 6.07 Å². The van der Waals surface area contributed by atoms with Crippen LogP contribution in [0.2, 0.25) is 0 Å². The van der Waals surface area contributed by atoms with Crippen molar-refractivity contribution < 1.29 is 14.7 Å². The van der Waals surface area contributed by atoms with Gasteiger partial charge in [0, 0.05) is 41.5 Å². The van der Waals surface area contributed by atoms with Gasteiger partial charge in [0.2, 0.25) is 5.91 Å². The first-order valence-electron chi connectivity index (χ1n) is 9.60. The van der Waals surface area contributed by atoms with Gasteiger partial charge < -0.3 is 14.6 Å². The maximum atomic E-state index is 12.7. The highest BCUT2D eigenvalue weighted by Crippen LogP contribution is 2.31. The summed E-state index contributed by atoms with van der Waals surface area (Å²) in [5.41, 5.74) is 3.46. The van der Waals surface area contributed by atoms with Gasteiger partial charge in [-0.3, -0.25) is 9.59 Å². The van der Waals surface area contributed by atoms with E-state index < -0.39 is 5.97 Å². The molecule has 0 saturated carbocycles. The van der Waals surface area contributed by atoms with Crippen molar-refractivity contribution in [1.82, 2.24) is 14.5 Å². The van der Waals surface area contributed by atoms with E-state index >= 15 is 0 Å². The van der Waals surface area contributed by atoms with Crippen molar-refractivity contribution in [1.29, 1.82) is 0 Å². The van der Waals surface area contributed by atoms with Gasteiger partial charge in [0.25, 0.3) is 0 Å². The fourth-order valence-electron chi connectivity index (χ4n) is 3.91. The van der Waals surface area contributed by atoms with Gasteiger partial charge >= 0.3 is 5.97 Å². The van der Waals surface area contributed by atoms with Crippen LogP contribution in [0.15, 0.2) is 35.8 Å². The van der Waals surface area contributed by atoms with Crippen molar-refractivity contribution in [2.45, 2.75) is 45.2 Å². The first kappa shape index (κ1) is 18.7. The minimum atomic E-state index is -0.805. The van der Waals surface area contributed by atoms with Gasteiger partial charge in [-0.2, -0.15) is 0 Å². The molecule has 1 aliphatic rings. The standard InChI is InChI=1S/C21H23N3O3S/c25-19(7-1-2-8-20(26)27)23-11-9-16-17-6-3-10-22-21(17)24(18(16)14-23)13-15-5-4-12-28-15/h3-6,10,12H,1-2,7-9,11,13-14H2,(H,26,27). The molecule has 3 aromatic heterocycles. The zero-order chi connectivity index (χ0) is 19.5. The normalized spacial score (nSPS) is 13.6. The minimum absolute atomic E-state index is 0.108. The van der Waals surface area contributed by atoms with Crippen LogP contribution in [0.4, 0.5) is 0 Å². The van der Waals surface area contributed by atoms with Crippen LogP contribution in [-0.4, -0.2) is 38.0 Å². The van der Waals surface area contributed by atoms with Gasteiger partial charge in [0.15, 0.2) is 0 Å². The van der Waals surface area contributed by atoms with Crippen LogP contribution in [-0.2, 0) is 29.1 Å². The van der Waals surface area contributed by atoms with Gasteiger partial charge in [0.05, 0.1) is 13.1 Å². The van der Waals surface area contributed by atoms with Crippen LogP contribution in [0, 0.1) is 0 Å². The van der Waals surface area contributed by atoms with E-state index in [4.69, 9.17) is 5.11 Å². The summed E-state index contributed by atoms with van der Waals surface area (Å²) >= 11 is 1.73. The Balaban J connectivity index is 1.55. The summed E-state index contributed by atoms with van der Waals surface area (Å²) in [7, 11) is 0. The van der Waals surface area contributed by atoms with Gasteiger partial charge in [0.1, 0.15) is 5.65 Å². The number of hydrogen-bond acceptors (Lipinski definition) is 4. The second kappa shape index (κ2) is 8.14. The number of hydrogen-bond donors (Lipinski definition) is 1. The number of amides is 1. The van der Waals surface area contributed by atoms with Gasteiger partial charge in [-0.05, 0) is 48.4 Å². The third-order valence-corrected chi connectivity index (χ3v) is 6.15. The molecule has 146 valence electrons. The number of thiophene rings is 1. The van der Waals surface area contributed by atoms with Crippen LogP contribution in [0.5, 0.6) is 0 Å². The van der Waals surface area contributed by atoms with E-state index in [-0.39, 0.29) is 12.3 Å². The van der Waals surface area contributed by atoms with Gasteiger partial charge in [-0.15, -0.1) is 11.3 Å². The Morgan fingerprint density at radius 3 is 2.82 bits per heavy atom. The fraction of sp³-hybridized carbons (Fsp3) is 0.381. The molecule has 0 fully saturated rings. The molecule has 0 saturated heterocycles. The van der Waals surface area contributed by atoms with Crippen molar-refractivity contribution >= 4 is 34.2 Å². The Morgan fingerprint density at radius 1 is 1.18 bits per heavy atom. The number of aromatic nitrogens is 2. The molecule has 3 aromatic rings. The lowest BCUT2D eigenvalue weighted by atomic mass is 10.0. The first-order chi connectivity index (χ1) is 13.6. The highest BCUT2D eigenvalue weighted by molar-refractivity contribution is 7.09. The Hall–Kier alpha value is -2.67. The number of pyridine rings is 1. The number of unbranched alkanes of at least 4 members (excludes halogenated alkanes) is 1. The number of carbonyl (C=O) groups is 2. The minimum Gasteiger partial charge on any atom is -0.481 e. The topological polar surface area (TPSA) is 75.4 Å². The SMILES string of the molecule is O=C(O)CCCCC(=O)N1CCc2c(n(Cc3cccs3)c3ncccc23)C1. The lowest BCUT2D eigenvalue weighted by Gasteiger charge is -2.28. The summed E-state index contributed by atoms with van der Waals surface area (Å²) in [6.45, 7) is 2.06. The molecule has 0 aliphatic carbocycles. The molecule has 0 atom stereocenters. The molecule has 28 heavy (non-hydrogen) atoms. The molecule has 7 heteroatoms. The van der Waals surface area contributed by atoms with Crippen molar-refractivity contribution in [2.24, 2.45) is 0 Å². The van der Waals surface area contributed by atoms with E-state index in [1.807, 2.05) is 17.2 Å². The molecule has 1 N–H and O–H groups in total. The second-order valence-corrected chi connectivity index (χ2v) is 8.16. The van der Waals surface area contributed by atoms with E-state index in [0.717, 1.165) is 18.6 Å². The molecular formula is C21H23N3O3S. The van der Waals surface area contributed by atoms with Crippen LogP contribution in [0.1, 0.15) is 41.8 Å². The number of carboxylic acid groups (broad SMARTS) is 1. The van der Waals surface area contributed by atoms with E-state index in [1.165, 1.54) is 21.5 Å². The maximum Gasteiger partial charge on any atom is 0.303 e. The Kier molecular flexibility index (Phi) is 5.43. The molecule has 0 bridgehead atoms. The number of aliphatic carboxylic acids is 1. The first-order valence-corrected chi connectivity index (χ1v) is 10.5. The Bertz CT molecular complexity index is 994. The summed E-state index contributed by atoms with van der Waals surface area (Å²) in [4.78, 5) is 31.1. The Labute approximate surface area is 167 Å². The molecule has 4 rings (SSSR count). The molecular weight excluding hydrogens is 374 g/mol. The predicted octanol–water partition coefficient (Wildman–Crippen LogP) is 3.68. The lowest BCUT2D eigenvalue weighted by molar-refractivity contribution is -0.137. The van der Waals surface area contributed by atoms with Gasteiger partial charge in [-0.25, -0.2) is 4.98 Å². The number of rotatable bonds is 7. The molecule has 0 unspecified atom stereocenters. The zero-order valence-corrected chi connectivity index (χ0v) is 16.5. The van der Waals surface area contributed by atoms with Crippen molar-refractivity contribution in [3.8, 4) is 0 Å². The molecule has 0 spiro atoms. The smallest absolute Gasteiger partial charge is 0.303 e. The molecule has 1 aliphatic heterocycles. The Morgan fingerprint density at radius 2 is 2.04 bits per heavy atom.